The Morgan fingerprint density at radius 1 is 1.14 bits per heavy atom. The maximum absolute atomic E-state index is 12.2. The second-order valence-corrected chi connectivity index (χ2v) is 7.50. The average molecular weight is 431 g/mol. The molecule has 0 unspecified atom stereocenters. The van der Waals surface area contributed by atoms with Crippen molar-refractivity contribution in [3.63, 3.8) is 0 Å². The van der Waals surface area contributed by atoms with Gasteiger partial charge in [-0.2, -0.15) is 0 Å². The van der Waals surface area contributed by atoms with E-state index < -0.39 is 5.97 Å². The van der Waals surface area contributed by atoms with Crippen molar-refractivity contribution in [2.24, 2.45) is 0 Å². The molecular formula is C21H19ClN2O4S. The van der Waals surface area contributed by atoms with Gasteiger partial charge in [0.25, 0.3) is 0 Å². The van der Waals surface area contributed by atoms with Gasteiger partial charge in [0, 0.05) is 11.1 Å². The average Bonchev–Trinajstić information content (AvgIpc) is 3.14. The number of halogens is 1. The van der Waals surface area contributed by atoms with E-state index in [1.54, 1.807) is 29.6 Å². The van der Waals surface area contributed by atoms with Crippen molar-refractivity contribution in [3.05, 3.63) is 75.2 Å². The van der Waals surface area contributed by atoms with E-state index in [2.05, 4.69) is 10.3 Å². The molecule has 6 nitrogen and oxygen atoms in total. The molecule has 3 rings (SSSR count). The molecule has 3 aromatic rings. The second kappa shape index (κ2) is 10.0. The van der Waals surface area contributed by atoms with Crippen LogP contribution in [0.4, 0.5) is 5.69 Å². The number of hydrogen-bond acceptors (Lipinski definition) is 6. The van der Waals surface area contributed by atoms with Gasteiger partial charge >= 0.3 is 5.97 Å². The Morgan fingerprint density at radius 2 is 1.90 bits per heavy atom. The Labute approximate surface area is 177 Å². The first-order chi connectivity index (χ1) is 14.0. The van der Waals surface area contributed by atoms with E-state index in [-0.39, 0.29) is 25.5 Å². The van der Waals surface area contributed by atoms with Crippen LogP contribution < -0.4 is 10.1 Å². The number of aromatic nitrogens is 1. The maximum atomic E-state index is 12.2. The summed E-state index contributed by atoms with van der Waals surface area (Å²) in [6.45, 7) is 1.70. The number of aryl methyl sites for hydroxylation is 1. The molecule has 0 saturated heterocycles. The minimum absolute atomic E-state index is 0.0145. The van der Waals surface area contributed by atoms with Crippen LogP contribution in [0.3, 0.4) is 0 Å². The highest BCUT2D eigenvalue weighted by Crippen LogP contribution is 2.23. The molecular weight excluding hydrogens is 412 g/mol. The molecule has 0 aliphatic rings. The summed E-state index contributed by atoms with van der Waals surface area (Å²) in [5.74, 6) is -0.260. The van der Waals surface area contributed by atoms with Gasteiger partial charge < -0.3 is 14.8 Å². The summed E-state index contributed by atoms with van der Waals surface area (Å²) in [7, 11) is 0. The van der Waals surface area contributed by atoms with Crippen LogP contribution in [0.25, 0.3) is 0 Å². The lowest BCUT2D eigenvalue weighted by molar-refractivity contribution is -0.147. The van der Waals surface area contributed by atoms with Crippen LogP contribution in [-0.2, 0) is 27.4 Å². The van der Waals surface area contributed by atoms with Gasteiger partial charge in [-0.05, 0) is 30.7 Å². The zero-order valence-corrected chi connectivity index (χ0v) is 17.3. The quantitative estimate of drug-likeness (QED) is 0.535. The molecule has 1 aromatic heterocycles. The van der Waals surface area contributed by atoms with Crippen LogP contribution in [0.1, 0.15) is 16.3 Å². The first-order valence-electron chi connectivity index (χ1n) is 8.83. The summed E-state index contributed by atoms with van der Waals surface area (Å²) in [6.07, 6.45) is 0.155. The number of esters is 1. The van der Waals surface area contributed by atoms with E-state index in [9.17, 15) is 9.59 Å². The highest BCUT2D eigenvalue weighted by atomic mass is 35.5. The summed E-state index contributed by atoms with van der Waals surface area (Å²) >= 11 is 7.31. The second-order valence-electron chi connectivity index (χ2n) is 6.15. The molecule has 29 heavy (non-hydrogen) atoms. The molecule has 150 valence electrons. The molecule has 0 bridgehead atoms. The highest BCUT2D eigenvalue weighted by Gasteiger charge is 2.12. The number of para-hydroxylation sites is 2. The van der Waals surface area contributed by atoms with Crippen molar-refractivity contribution in [2.45, 2.75) is 20.0 Å². The molecule has 0 spiro atoms. The van der Waals surface area contributed by atoms with Gasteiger partial charge in [-0.3, -0.25) is 4.79 Å². The number of benzene rings is 2. The molecule has 0 saturated carbocycles. The van der Waals surface area contributed by atoms with Crippen molar-refractivity contribution in [3.8, 4) is 5.75 Å². The van der Waals surface area contributed by atoms with Crippen molar-refractivity contribution >= 4 is 40.5 Å². The van der Waals surface area contributed by atoms with Crippen LogP contribution in [0, 0.1) is 6.92 Å². The maximum Gasteiger partial charge on any atom is 0.344 e. The fraction of sp³-hybridized carbons (Fsp3) is 0.190. The van der Waals surface area contributed by atoms with Gasteiger partial charge in [0.2, 0.25) is 5.91 Å². The lowest BCUT2D eigenvalue weighted by atomic mass is 10.2. The lowest BCUT2D eigenvalue weighted by Crippen LogP contribution is -2.16. The summed E-state index contributed by atoms with van der Waals surface area (Å²) < 4.78 is 10.5. The number of carbonyl (C=O) groups is 2. The molecule has 1 amide bonds. The Bertz CT molecular complexity index is 1010. The SMILES string of the molecule is Cc1ccccc1NC(=O)Cc1nc(COC(=O)COc2ccccc2Cl)cs1. The van der Waals surface area contributed by atoms with Crippen LogP contribution >= 0.6 is 22.9 Å². The molecule has 0 atom stereocenters. The summed E-state index contributed by atoms with van der Waals surface area (Å²) in [5.41, 5.74) is 2.35. The predicted molar refractivity (Wildman–Crippen MR) is 112 cm³/mol. The van der Waals surface area contributed by atoms with Gasteiger partial charge in [-0.1, -0.05) is 41.9 Å². The van der Waals surface area contributed by atoms with E-state index in [0.717, 1.165) is 11.3 Å². The van der Waals surface area contributed by atoms with Crippen molar-refractivity contribution in [2.75, 3.05) is 11.9 Å². The molecule has 0 aliphatic heterocycles. The highest BCUT2D eigenvalue weighted by molar-refractivity contribution is 7.09. The molecule has 8 heteroatoms. The summed E-state index contributed by atoms with van der Waals surface area (Å²) in [4.78, 5) is 28.4. The number of carbonyl (C=O) groups excluding carboxylic acids is 2. The number of nitrogens with zero attached hydrogens (tertiary/aromatic N) is 1. The molecule has 0 fully saturated rings. The molecule has 1 N–H and O–H groups in total. The fourth-order valence-electron chi connectivity index (χ4n) is 2.44. The topological polar surface area (TPSA) is 77.5 Å². The van der Waals surface area contributed by atoms with Crippen molar-refractivity contribution in [1.29, 1.82) is 0 Å². The van der Waals surface area contributed by atoms with E-state index >= 15 is 0 Å². The smallest absolute Gasteiger partial charge is 0.344 e. The number of amides is 1. The van der Waals surface area contributed by atoms with E-state index in [4.69, 9.17) is 21.1 Å². The van der Waals surface area contributed by atoms with E-state index in [1.807, 2.05) is 31.2 Å². The summed E-state index contributed by atoms with van der Waals surface area (Å²) in [5, 5.41) is 5.70. The monoisotopic (exact) mass is 430 g/mol. The minimum atomic E-state index is -0.531. The minimum Gasteiger partial charge on any atom is -0.480 e. The third-order valence-corrected chi connectivity index (χ3v) is 5.10. The Kier molecular flexibility index (Phi) is 7.21. The van der Waals surface area contributed by atoms with Crippen LogP contribution in [0.15, 0.2) is 53.9 Å². The first-order valence-corrected chi connectivity index (χ1v) is 10.1. The molecule has 0 aliphatic carbocycles. The number of ether oxygens (including phenoxy) is 2. The normalized spacial score (nSPS) is 10.4. The summed E-state index contributed by atoms with van der Waals surface area (Å²) in [6, 6.07) is 14.4. The number of anilines is 1. The van der Waals surface area contributed by atoms with Gasteiger partial charge in [0.15, 0.2) is 6.61 Å². The van der Waals surface area contributed by atoms with Crippen LogP contribution in [-0.4, -0.2) is 23.5 Å². The van der Waals surface area contributed by atoms with Gasteiger partial charge in [-0.15, -0.1) is 11.3 Å². The Hall–Kier alpha value is -2.90. The molecule has 0 radical (unpaired) electrons. The third-order valence-electron chi connectivity index (χ3n) is 3.89. The first kappa shape index (κ1) is 20.8. The zero-order chi connectivity index (χ0) is 20.6. The predicted octanol–water partition coefficient (Wildman–Crippen LogP) is 4.41. The number of rotatable bonds is 8. The van der Waals surface area contributed by atoms with Crippen LogP contribution in [0.2, 0.25) is 5.02 Å². The van der Waals surface area contributed by atoms with E-state index in [0.29, 0.717) is 21.5 Å². The fourth-order valence-corrected chi connectivity index (χ4v) is 3.40. The van der Waals surface area contributed by atoms with Crippen molar-refractivity contribution < 1.29 is 19.1 Å². The van der Waals surface area contributed by atoms with Gasteiger partial charge in [0.1, 0.15) is 17.4 Å². The van der Waals surface area contributed by atoms with Crippen LogP contribution in [0.5, 0.6) is 5.75 Å². The largest absolute Gasteiger partial charge is 0.480 e. The number of nitrogens with one attached hydrogen (secondary N) is 1. The lowest BCUT2D eigenvalue weighted by Gasteiger charge is -2.07. The van der Waals surface area contributed by atoms with Gasteiger partial charge in [-0.25, -0.2) is 9.78 Å². The third kappa shape index (κ3) is 6.30. The Morgan fingerprint density at radius 3 is 2.69 bits per heavy atom. The molecule has 1 heterocycles. The number of thiazole rings is 1. The number of hydrogen-bond donors (Lipinski definition) is 1. The van der Waals surface area contributed by atoms with Crippen molar-refractivity contribution in [1.82, 2.24) is 4.98 Å². The van der Waals surface area contributed by atoms with E-state index in [1.165, 1.54) is 11.3 Å². The standard InChI is InChI=1S/C21H19ClN2O4S/c1-14-6-2-4-8-17(14)24-19(25)10-20-23-15(13-29-20)11-28-21(26)12-27-18-9-5-3-7-16(18)22/h2-9,13H,10-12H2,1H3,(H,24,25). The zero-order valence-electron chi connectivity index (χ0n) is 15.7. The Balaban J connectivity index is 1.44. The molecule has 2 aromatic carbocycles. The van der Waals surface area contributed by atoms with Gasteiger partial charge in [0.05, 0.1) is 17.1 Å².